The van der Waals surface area contributed by atoms with Crippen LogP contribution in [0.2, 0.25) is 0 Å². The highest BCUT2D eigenvalue weighted by Gasteiger charge is 2.04. The molecule has 1 aromatic rings. The first-order chi connectivity index (χ1) is 6.63. The number of aromatic nitrogens is 2. The van der Waals surface area contributed by atoms with Gasteiger partial charge in [0.15, 0.2) is 0 Å². The second kappa shape index (κ2) is 5.54. The van der Waals surface area contributed by atoms with Crippen LogP contribution in [0.25, 0.3) is 0 Å². The summed E-state index contributed by atoms with van der Waals surface area (Å²) in [6.45, 7) is 4.26. The van der Waals surface area contributed by atoms with Crippen LogP contribution in [0.4, 0.5) is 0 Å². The molecule has 0 bridgehead atoms. The minimum Gasteiger partial charge on any atom is -0.272 e. The van der Waals surface area contributed by atoms with Crippen LogP contribution in [-0.2, 0) is 13.5 Å². The predicted molar refractivity (Wildman–Crippen MR) is 63.9 cm³/mol. The SMILES string of the molecule is CCC(Br)CCCc1cc(C)nn1C. The second-order valence-corrected chi connectivity index (χ2v) is 5.09. The summed E-state index contributed by atoms with van der Waals surface area (Å²) in [4.78, 5) is 0.678. The van der Waals surface area contributed by atoms with Gasteiger partial charge in [0.25, 0.3) is 0 Å². The maximum Gasteiger partial charge on any atom is 0.0596 e. The third-order valence-electron chi connectivity index (χ3n) is 2.49. The van der Waals surface area contributed by atoms with E-state index in [0.29, 0.717) is 4.83 Å². The molecular weight excluding hydrogens is 240 g/mol. The molecule has 1 unspecified atom stereocenters. The van der Waals surface area contributed by atoms with E-state index in [1.165, 1.54) is 25.0 Å². The van der Waals surface area contributed by atoms with Crippen LogP contribution in [0, 0.1) is 6.92 Å². The average molecular weight is 259 g/mol. The van der Waals surface area contributed by atoms with Crippen molar-refractivity contribution in [1.29, 1.82) is 0 Å². The molecule has 0 aliphatic heterocycles. The molecule has 14 heavy (non-hydrogen) atoms. The van der Waals surface area contributed by atoms with Gasteiger partial charge in [-0.3, -0.25) is 4.68 Å². The normalized spacial score (nSPS) is 13.1. The summed E-state index contributed by atoms with van der Waals surface area (Å²) in [5, 5.41) is 4.33. The lowest BCUT2D eigenvalue weighted by Gasteiger charge is -2.06. The van der Waals surface area contributed by atoms with Gasteiger partial charge in [-0.05, 0) is 38.7 Å². The first-order valence-electron chi connectivity index (χ1n) is 5.27. The van der Waals surface area contributed by atoms with Crippen molar-refractivity contribution in [1.82, 2.24) is 9.78 Å². The van der Waals surface area contributed by atoms with Gasteiger partial charge in [0.05, 0.1) is 5.69 Å². The molecule has 0 spiro atoms. The van der Waals surface area contributed by atoms with E-state index in [9.17, 15) is 0 Å². The molecule has 1 atom stereocenters. The van der Waals surface area contributed by atoms with E-state index in [1.54, 1.807) is 0 Å². The molecule has 2 nitrogen and oxygen atoms in total. The highest BCUT2D eigenvalue weighted by atomic mass is 79.9. The van der Waals surface area contributed by atoms with Gasteiger partial charge in [0, 0.05) is 17.6 Å². The third-order valence-corrected chi connectivity index (χ3v) is 3.60. The molecule has 0 aromatic carbocycles. The summed E-state index contributed by atoms with van der Waals surface area (Å²) >= 11 is 3.65. The van der Waals surface area contributed by atoms with Gasteiger partial charge < -0.3 is 0 Å². The van der Waals surface area contributed by atoms with E-state index in [-0.39, 0.29) is 0 Å². The van der Waals surface area contributed by atoms with Gasteiger partial charge in [-0.15, -0.1) is 0 Å². The first-order valence-corrected chi connectivity index (χ1v) is 6.18. The fourth-order valence-corrected chi connectivity index (χ4v) is 1.93. The predicted octanol–water partition coefficient (Wildman–Crippen LogP) is 3.22. The number of hydrogen-bond donors (Lipinski definition) is 0. The van der Waals surface area contributed by atoms with Crippen LogP contribution < -0.4 is 0 Å². The van der Waals surface area contributed by atoms with Crippen molar-refractivity contribution in [3.05, 3.63) is 17.5 Å². The highest BCUT2D eigenvalue weighted by Crippen LogP contribution is 2.14. The van der Waals surface area contributed by atoms with Crippen molar-refractivity contribution < 1.29 is 0 Å². The number of halogens is 1. The quantitative estimate of drug-likeness (QED) is 0.742. The zero-order valence-electron chi connectivity index (χ0n) is 9.26. The molecule has 0 N–H and O–H groups in total. The van der Waals surface area contributed by atoms with Gasteiger partial charge in [-0.2, -0.15) is 5.10 Å². The molecule has 0 saturated heterocycles. The van der Waals surface area contributed by atoms with Gasteiger partial charge in [-0.25, -0.2) is 0 Å². The summed E-state index contributed by atoms with van der Waals surface area (Å²) in [6, 6.07) is 2.18. The lowest BCUT2D eigenvalue weighted by Crippen LogP contribution is -2.01. The van der Waals surface area contributed by atoms with E-state index in [1.807, 2.05) is 18.7 Å². The standard InChI is InChI=1S/C11H19BrN2/c1-4-10(12)6-5-7-11-8-9(2)13-14(11)3/h8,10H,4-7H2,1-3H3. The Kier molecular flexibility index (Phi) is 4.66. The number of aryl methyl sites for hydroxylation is 3. The van der Waals surface area contributed by atoms with E-state index in [0.717, 1.165) is 12.1 Å². The lowest BCUT2D eigenvalue weighted by molar-refractivity contribution is 0.641. The van der Waals surface area contributed by atoms with Crippen LogP contribution in [-0.4, -0.2) is 14.6 Å². The molecule has 1 aromatic heterocycles. The van der Waals surface area contributed by atoms with Crippen LogP contribution >= 0.6 is 15.9 Å². The minimum atomic E-state index is 0.678. The Hall–Kier alpha value is -0.310. The summed E-state index contributed by atoms with van der Waals surface area (Å²) in [5.74, 6) is 0. The molecule has 0 amide bonds. The van der Waals surface area contributed by atoms with Crippen molar-refractivity contribution in [2.75, 3.05) is 0 Å². The molecule has 0 saturated carbocycles. The Morgan fingerprint density at radius 1 is 1.57 bits per heavy atom. The van der Waals surface area contributed by atoms with Crippen molar-refractivity contribution >= 4 is 15.9 Å². The highest BCUT2D eigenvalue weighted by molar-refractivity contribution is 9.09. The van der Waals surface area contributed by atoms with Crippen LogP contribution in [0.5, 0.6) is 0 Å². The maximum absolute atomic E-state index is 4.33. The van der Waals surface area contributed by atoms with Gasteiger partial charge >= 0.3 is 0 Å². The Labute approximate surface area is 94.8 Å². The molecule has 1 heterocycles. The fraction of sp³-hybridized carbons (Fsp3) is 0.727. The van der Waals surface area contributed by atoms with Crippen molar-refractivity contribution in [2.24, 2.45) is 7.05 Å². The van der Waals surface area contributed by atoms with Crippen molar-refractivity contribution in [3.8, 4) is 0 Å². The number of alkyl halides is 1. The van der Waals surface area contributed by atoms with E-state index in [4.69, 9.17) is 0 Å². The van der Waals surface area contributed by atoms with Crippen LogP contribution in [0.3, 0.4) is 0 Å². The largest absolute Gasteiger partial charge is 0.272 e. The summed E-state index contributed by atoms with van der Waals surface area (Å²) in [7, 11) is 2.02. The molecule has 0 radical (unpaired) electrons. The van der Waals surface area contributed by atoms with E-state index >= 15 is 0 Å². The van der Waals surface area contributed by atoms with Crippen molar-refractivity contribution in [3.63, 3.8) is 0 Å². The van der Waals surface area contributed by atoms with Crippen LogP contribution in [0.1, 0.15) is 37.6 Å². The molecule has 1 rings (SSSR count). The Morgan fingerprint density at radius 3 is 2.79 bits per heavy atom. The van der Waals surface area contributed by atoms with E-state index in [2.05, 4.69) is 34.0 Å². The molecule has 0 fully saturated rings. The Morgan fingerprint density at radius 2 is 2.29 bits per heavy atom. The zero-order valence-corrected chi connectivity index (χ0v) is 10.8. The van der Waals surface area contributed by atoms with E-state index < -0.39 is 0 Å². The molecule has 80 valence electrons. The molecular formula is C11H19BrN2. The van der Waals surface area contributed by atoms with Gasteiger partial charge in [-0.1, -0.05) is 22.9 Å². The maximum atomic E-state index is 4.33. The van der Waals surface area contributed by atoms with Gasteiger partial charge in [0.2, 0.25) is 0 Å². The summed E-state index contributed by atoms with van der Waals surface area (Å²) in [5.41, 5.74) is 2.46. The lowest BCUT2D eigenvalue weighted by atomic mass is 10.1. The number of nitrogens with zero attached hydrogens (tertiary/aromatic N) is 2. The Bertz CT molecular complexity index is 281. The smallest absolute Gasteiger partial charge is 0.0596 e. The first kappa shape index (κ1) is 11.8. The Balaban J connectivity index is 2.34. The number of hydrogen-bond acceptors (Lipinski definition) is 1. The number of rotatable bonds is 5. The summed E-state index contributed by atoms with van der Waals surface area (Å²) in [6.07, 6.45) is 4.84. The minimum absolute atomic E-state index is 0.678. The molecule has 3 heteroatoms. The zero-order chi connectivity index (χ0) is 10.6. The average Bonchev–Trinajstić information content (AvgIpc) is 2.45. The molecule has 0 aliphatic carbocycles. The van der Waals surface area contributed by atoms with Crippen molar-refractivity contribution in [2.45, 2.75) is 44.4 Å². The van der Waals surface area contributed by atoms with Gasteiger partial charge in [0.1, 0.15) is 0 Å². The third kappa shape index (κ3) is 3.45. The molecule has 0 aliphatic rings. The second-order valence-electron chi connectivity index (χ2n) is 3.80. The van der Waals surface area contributed by atoms with Crippen LogP contribution in [0.15, 0.2) is 6.07 Å². The monoisotopic (exact) mass is 258 g/mol. The fourth-order valence-electron chi connectivity index (χ4n) is 1.61. The topological polar surface area (TPSA) is 17.8 Å². The summed E-state index contributed by atoms with van der Waals surface area (Å²) < 4.78 is 1.99.